The smallest absolute Gasteiger partial charge is 0.310 e. The zero-order valence-corrected chi connectivity index (χ0v) is 19.0. The Morgan fingerprint density at radius 2 is 2.18 bits per heavy atom. The van der Waals surface area contributed by atoms with E-state index >= 15 is 0 Å². The normalized spacial score (nSPS) is 19.5. The number of rotatable bonds is 6. The number of fused-ring (bicyclic) bond motifs is 1. The summed E-state index contributed by atoms with van der Waals surface area (Å²) in [6.07, 6.45) is 3.68. The SMILES string of the molecule is CCNC(=NCCCc1nnc2ccccn12)N1CC(C)C(C(=O)OC)C1.I. The number of methoxy groups -OCH3 is 1. The van der Waals surface area contributed by atoms with Crippen molar-refractivity contribution >= 4 is 41.6 Å². The summed E-state index contributed by atoms with van der Waals surface area (Å²) in [6, 6.07) is 5.89. The fourth-order valence-corrected chi connectivity index (χ4v) is 3.51. The van der Waals surface area contributed by atoms with Gasteiger partial charge in [0.2, 0.25) is 0 Å². The predicted octanol–water partition coefficient (Wildman–Crippen LogP) is 1.99. The first kappa shape index (κ1) is 22.4. The first-order valence-electron chi connectivity index (χ1n) is 9.53. The number of nitrogens with one attached hydrogen (secondary N) is 1. The van der Waals surface area contributed by atoms with Crippen molar-refractivity contribution < 1.29 is 9.53 Å². The van der Waals surface area contributed by atoms with Crippen molar-refractivity contribution in [2.75, 3.05) is 33.3 Å². The molecular weight excluding hydrogens is 471 g/mol. The molecule has 0 amide bonds. The van der Waals surface area contributed by atoms with Crippen molar-refractivity contribution in [3.05, 3.63) is 30.2 Å². The number of carbonyl (C=O) groups excluding carboxylic acids is 1. The highest BCUT2D eigenvalue weighted by Crippen LogP contribution is 2.24. The highest BCUT2D eigenvalue weighted by atomic mass is 127. The van der Waals surface area contributed by atoms with Crippen LogP contribution < -0.4 is 5.32 Å². The Bertz CT molecular complexity index is 809. The van der Waals surface area contributed by atoms with E-state index in [-0.39, 0.29) is 41.8 Å². The minimum atomic E-state index is -0.139. The number of halogens is 1. The molecule has 1 fully saturated rings. The molecule has 3 rings (SSSR count). The summed E-state index contributed by atoms with van der Waals surface area (Å²) in [5, 5.41) is 11.8. The number of aliphatic imine (C=N–C) groups is 1. The third-order valence-electron chi connectivity index (χ3n) is 4.96. The second-order valence-corrected chi connectivity index (χ2v) is 6.90. The van der Waals surface area contributed by atoms with E-state index in [2.05, 4.69) is 34.3 Å². The molecule has 0 spiro atoms. The van der Waals surface area contributed by atoms with Crippen LogP contribution in [-0.4, -0.2) is 64.7 Å². The molecule has 0 radical (unpaired) electrons. The first-order chi connectivity index (χ1) is 13.1. The van der Waals surface area contributed by atoms with Crippen molar-refractivity contribution in [2.45, 2.75) is 26.7 Å². The second-order valence-electron chi connectivity index (χ2n) is 6.90. The number of pyridine rings is 1. The number of hydrogen-bond acceptors (Lipinski definition) is 5. The molecule has 1 N–H and O–H groups in total. The first-order valence-corrected chi connectivity index (χ1v) is 9.53. The van der Waals surface area contributed by atoms with E-state index in [9.17, 15) is 4.79 Å². The Morgan fingerprint density at radius 1 is 1.36 bits per heavy atom. The molecule has 0 saturated carbocycles. The zero-order chi connectivity index (χ0) is 19.2. The standard InChI is InChI=1S/C19H28N6O2.HI/c1-4-20-19(24-12-14(2)15(13-24)18(26)27-3)21-10-7-9-17-23-22-16-8-5-6-11-25(16)17;/h5-6,8,11,14-15H,4,7,9-10,12-13H2,1-3H3,(H,20,21);1H. The fourth-order valence-electron chi connectivity index (χ4n) is 3.51. The van der Waals surface area contributed by atoms with E-state index in [4.69, 9.17) is 9.73 Å². The largest absolute Gasteiger partial charge is 0.469 e. The lowest BCUT2D eigenvalue weighted by atomic mass is 9.99. The topological polar surface area (TPSA) is 84.1 Å². The predicted molar refractivity (Wildman–Crippen MR) is 119 cm³/mol. The number of aromatic nitrogens is 3. The number of likely N-dealkylation sites (tertiary alicyclic amines) is 1. The van der Waals surface area contributed by atoms with Crippen LogP contribution in [-0.2, 0) is 16.0 Å². The van der Waals surface area contributed by atoms with Gasteiger partial charge in [-0.3, -0.25) is 14.2 Å². The number of ether oxygens (including phenoxy) is 1. The van der Waals surface area contributed by atoms with Crippen molar-refractivity contribution in [1.82, 2.24) is 24.8 Å². The molecule has 1 saturated heterocycles. The molecule has 1 aliphatic rings. The van der Waals surface area contributed by atoms with Gasteiger partial charge in [0.15, 0.2) is 11.6 Å². The summed E-state index contributed by atoms with van der Waals surface area (Å²) in [5.74, 6) is 1.83. The highest BCUT2D eigenvalue weighted by molar-refractivity contribution is 14.0. The van der Waals surface area contributed by atoms with E-state index < -0.39 is 0 Å². The van der Waals surface area contributed by atoms with Gasteiger partial charge in [-0.05, 0) is 31.4 Å². The van der Waals surface area contributed by atoms with E-state index in [0.29, 0.717) is 13.1 Å². The summed E-state index contributed by atoms with van der Waals surface area (Å²) in [6.45, 7) is 7.07. The molecule has 0 aliphatic carbocycles. The third kappa shape index (κ3) is 5.12. The van der Waals surface area contributed by atoms with Crippen LogP contribution in [0.3, 0.4) is 0 Å². The fraction of sp³-hybridized carbons (Fsp3) is 0.579. The van der Waals surface area contributed by atoms with Gasteiger partial charge in [-0.1, -0.05) is 13.0 Å². The number of guanidine groups is 1. The maximum absolute atomic E-state index is 11.9. The maximum atomic E-state index is 11.9. The minimum Gasteiger partial charge on any atom is -0.469 e. The molecule has 2 aromatic rings. The second kappa shape index (κ2) is 10.6. The van der Waals surface area contributed by atoms with Crippen LogP contribution in [0, 0.1) is 11.8 Å². The van der Waals surface area contributed by atoms with E-state index in [1.54, 1.807) is 0 Å². The van der Waals surface area contributed by atoms with E-state index in [1.165, 1.54) is 7.11 Å². The van der Waals surface area contributed by atoms with Gasteiger partial charge >= 0.3 is 5.97 Å². The molecule has 0 aromatic carbocycles. The molecule has 2 aromatic heterocycles. The van der Waals surface area contributed by atoms with Gasteiger partial charge in [-0.15, -0.1) is 34.2 Å². The molecule has 2 atom stereocenters. The summed E-state index contributed by atoms with van der Waals surface area (Å²) < 4.78 is 6.94. The third-order valence-corrected chi connectivity index (χ3v) is 4.96. The molecule has 1 aliphatic heterocycles. The Hall–Kier alpha value is -1.91. The number of hydrogen-bond donors (Lipinski definition) is 1. The Labute approximate surface area is 182 Å². The zero-order valence-electron chi connectivity index (χ0n) is 16.7. The lowest BCUT2D eigenvalue weighted by Crippen LogP contribution is -2.40. The van der Waals surface area contributed by atoms with Crippen LogP contribution in [0.15, 0.2) is 29.4 Å². The Kier molecular flexibility index (Phi) is 8.46. The molecule has 28 heavy (non-hydrogen) atoms. The van der Waals surface area contributed by atoms with Gasteiger partial charge in [0, 0.05) is 38.8 Å². The van der Waals surface area contributed by atoms with Crippen LogP contribution in [0.2, 0.25) is 0 Å². The van der Waals surface area contributed by atoms with Crippen LogP contribution in [0.25, 0.3) is 5.65 Å². The van der Waals surface area contributed by atoms with Crippen molar-refractivity contribution in [1.29, 1.82) is 0 Å². The molecule has 9 heteroatoms. The van der Waals surface area contributed by atoms with Gasteiger partial charge < -0.3 is 15.0 Å². The molecule has 2 unspecified atom stereocenters. The van der Waals surface area contributed by atoms with Crippen molar-refractivity contribution in [3.8, 4) is 0 Å². The highest BCUT2D eigenvalue weighted by Gasteiger charge is 2.36. The van der Waals surface area contributed by atoms with Crippen molar-refractivity contribution in [2.24, 2.45) is 16.8 Å². The average Bonchev–Trinajstić information content (AvgIpc) is 3.27. The number of esters is 1. The molecule has 154 valence electrons. The number of nitrogens with zero attached hydrogens (tertiary/aromatic N) is 5. The van der Waals surface area contributed by atoms with Gasteiger partial charge in [0.05, 0.1) is 13.0 Å². The molecule has 3 heterocycles. The van der Waals surface area contributed by atoms with Crippen LogP contribution >= 0.6 is 24.0 Å². The lowest BCUT2D eigenvalue weighted by molar-refractivity contribution is -0.145. The quantitative estimate of drug-likeness (QED) is 0.215. The number of aryl methyl sites for hydroxylation is 1. The monoisotopic (exact) mass is 500 g/mol. The molecule has 8 nitrogen and oxygen atoms in total. The van der Waals surface area contributed by atoms with Gasteiger partial charge in [-0.25, -0.2) is 0 Å². The van der Waals surface area contributed by atoms with E-state index in [1.807, 2.05) is 28.8 Å². The molecular formula is C19H29IN6O2. The van der Waals surface area contributed by atoms with Gasteiger partial charge in [-0.2, -0.15) is 0 Å². The molecule has 0 bridgehead atoms. The average molecular weight is 500 g/mol. The van der Waals surface area contributed by atoms with Gasteiger partial charge in [0.1, 0.15) is 5.82 Å². The lowest BCUT2D eigenvalue weighted by Gasteiger charge is -2.21. The summed E-state index contributed by atoms with van der Waals surface area (Å²) in [4.78, 5) is 18.8. The van der Waals surface area contributed by atoms with Crippen LogP contribution in [0.5, 0.6) is 0 Å². The van der Waals surface area contributed by atoms with Crippen molar-refractivity contribution in [3.63, 3.8) is 0 Å². The Morgan fingerprint density at radius 3 is 2.93 bits per heavy atom. The minimum absolute atomic E-state index is 0. The van der Waals surface area contributed by atoms with Crippen LogP contribution in [0.4, 0.5) is 0 Å². The summed E-state index contributed by atoms with van der Waals surface area (Å²) in [7, 11) is 1.45. The van der Waals surface area contributed by atoms with E-state index in [0.717, 1.165) is 43.4 Å². The Balaban J connectivity index is 0.00000280. The van der Waals surface area contributed by atoms with Crippen LogP contribution in [0.1, 0.15) is 26.1 Å². The number of carbonyl (C=O) groups is 1. The van der Waals surface area contributed by atoms with Gasteiger partial charge in [0.25, 0.3) is 0 Å². The summed E-state index contributed by atoms with van der Waals surface area (Å²) >= 11 is 0. The maximum Gasteiger partial charge on any atom is 0.310 e. The summed E-state index contributed by atoms with van der Waals surface area (Å²) in [5.41, 5.74) is 0.865.